The molecule has 1 atom stereocenters. The molecule has 0 spiro atoms. The van der Waals surface area contributed by atoms with E-state index >= 15 is 0 Å². The third kappa shape index (κ3) is 9.25. The quantitative estimate of drug-likeness (QED) is 0.0834. The van der Waals surface area contributed by atoms with E-state index in [0.29, 0.717) is 44.8 Å². The van der Waals surface area contributed by atoms with Crippen LogP contribution in [0.5, 0.6) is 17.2 Å². The number of rotatable bonds is 13. The van der Waals surface area contributed by atoms with Gasteiger partial charge in [0.1, 0.15) is 16.7 Å². The second-order valence-corrected chi connectivity index (χ2v) is 12.3. The molecule has 50 heavy (non-hydrogen) atoms. The lowest BCUT2D eigenvalue weighted by molar-refractivity contribution is -0.116. The molecule has 1 unspecified atom stereocenters. The molecular formula is C39H34ClN3O6S. The van der Waals surface area contributed by atoms with E-state index in [0.717, 1.165) is 10.5 Å². The van der Waals surface area contributed by atoms with Crippen LogP contribution in [0.15, 0.2) is 132 Å². The zero-order valence-corrected chi connectivity index (χ0v) is 29.0. The van der Waals surface area contributed by atoms with Crippen LogP contribution in [-0.2, 0) is 9.59 Å². The predicted octanol–water partition coefficient (Wildman–Crippen LogP) is 8.25. The number of nitrogens with one attached hydrogen (secondary N) is 3. The average Bonchev–Trinajstić information content (AvgIpc) is 3.14. The average molecular weight is 708 g/mol. The molecule has 11 heteroatoms. The zero-order chi connectivity index (χ0) is 35.5. The number of amides is 3. The number of halogens is 1. The maximum absolute atomic E-state index is 13.6. The molecule has 0 bridgehead atoms. The van der Waals surface area contributed by atoms with Gasteiger partial charge in [0.25, 0.3) is 11.8 Å². The molecule has 0 radical (unpaired) electrons. The van der Waals surface area contributed by atoms with Crippen LogP contribution < -0.4 is 30.2 Å². The van der Waals surface area contributed by atoms with Crippen molar-refractivity contribution in [3.8, 4) is 17.2 Å². The molecule has 0 aliphatic carbocycles. The normalized spacial score (nSPS) is 11.6. The molecule has 3 amide bonds. The van der Waals surface area contributed by atoms with Gasteiger partial charge in [-0.3, -0.25) is 14.4 Å². The van der Waals surface area contributed by atoms with E-state index in [2.05, 4.69) is 16.0 Å². The number of hydrogen-bond donors (Lipinski definition) is 3. The Balaban J connectivity index is 1.35. The highest BCUT2D eigenvalue weighted by molar-refractivity contribution is 8.00. The Morgan fingerprint density at radius 2 is 1.30 bits per heavy atom. The van der Waals surface area contributed by atoms with Crippen LogP contribution in [0.4, 0.5) is 11.4 Å². The summed E-state index contributed by atoms with van der Waals surface area (Å²) in [6, 6.07) is 35.3. The van der Waals surface area contributed by atoms with Crippen LogP contribution in [0.2, 0.25) is 5.02 Å². The van der Waals surface area contributed by atoms with Crippen molar-refractivity contribution in [2.75, 3.05) is 32.0 Å². The van der Waals surface area contributed by atoms with Crippen LogP contribution in [0, 0.1) is 0 Å². The summed E-state index contributed by atoms with van der Waals surface area (Å²) in [6.07, 6.45) is 1.56. The minimum absolute atomic E-state index is 0.0176. The Kier molecular flexibility index (Phi) is 12.2. The molecule has 5 aromatic rings. The molecule has 5 rings (SSSR count). The standard InChI is InChI=1S/C39H34ClN3O6S/c1-47-33-21-17-29(24-31(33)40)42-39(46)36(26-10-6-4-7-11-26)50-30-18-15-28(16-19-30)41-38(45)32(43-37(44)27-12-8-5-9-13-27)22-25-14-20-34(48-2)35(23-25)49-3/h4-24,36H,1-3H3,(H,41,45)(H,42,46)(H,43,44)/b32-22-. The SMILES string of the molecule is COc1ccc(NC(=O)C(Sc2ccc(NC(=O)/C(=C/c3ccc(OC)c(OC)c3)NC(=O)c3ccccc3)cc2)c2ccccc2)cc1Cl. The Labute approximate surface area is 299 Å². The summed E-state index contributed by atoms with van der Waals surface area (Å²) in [7, 11) is 4.58. The van der Waals surface area contributed by atoms with Crippen molar-refractivity contribution in [3.05, 3.63) is 149 Å². The third-order valence-electron chi connectivity index (χ3n) is 7.37. The van der Waals surface area contributed by atoms with E-state index in [1.165, 1.54) is 33.1 Å². The van der Waals surface area contributed by atoms with E-state index in [-0.39, 0.29) is 11.6 Å². The number of thioether (sulfide) groups is 1. The smallest absolute Gasteiger partial charge is 0.272 e. The molecule has 0 aliphatic heterocycles. The highest BCUT2D eigenvalue weighted by Gasteiger charge is 2.23. The van der Waals surface area contributed by atoms with Gasteiger partial charge in [-0.05, 0) is 83.9 Å². The second-order valence-electron chi connectivity index (χ2n) is 10.7. The number of anilines is 2. The van der Waals surface area contributed by atoms with Crippen LogP contribution in [-0.4, -0.2) is 39.1 Å². The first-order valence-corrected chi connectivity index (χ1v) is 16.6. The van der Waals surface area contributed by atoms with E-state index in [9.17, 15) is 14.4 Å². The van der Waals surface area contributed by atoms with Crippen molar-refractivity contribution in [2.24, 2.45) is 0 Å². The van der Waals surface area contributed by atoms with Gasteiger partial charge in [-0.25, -0.2) is 0 Å². The van der Waals surface area contributed by atoms with Gasteiger partial charge in [0, 0.05) is 21.8 Å². The van der Waals surface area contributed by atoms with Crippen LogP contribution >= 0.6 is 23.4 Å². The van der Waals surface area contributed by atoms with Gasteiger partial charge in [-0.2, -0.15) is 0 Å². The topological polar surface area (TPSA) is 115 Å². The van der Waals surface area contributed by atoms with E-state index in [4.69, 9.17) is 25.8 Å². The third-order valence-corrected chi connectivity index (χ3v) is 8.93. The van der Waals surface area contributed by atoms with E-state index in [1.807, 2.05) is 42.5 Å². The summed E-state index contributed by atoms with van der Waals surface area (Å²) in [6.45, 7) is 0. The monoisotopic (exact) mass is 707 g/mol. The Hall–Kier alpha value is -5.71. The summed E-state index contributed by atoms with van der Waals surface area (Å²) in [5.74, 6) is 0.287. The fourth-order valence-electron chi connectivity index (χ4n) is 4.86. The maximum Gasteiger partial charge on any atom is 0.272 e. The van der Waals surface area contributed by atoms with Gasteiger partial charge in [0.15, 0.2) is 11.5 Å². The first-order chi connectivity index (χ1) is 24.3. The predicted molar refractivity (Wildman–Crippen MR) is 198 cm³/mol. The van der Waals surface area contributed by atoms with Crippen molar-refractivity contribution in [3.63, 3.8) is 0 Å². The lowest BCUT2D eigenvalue weighted by Crippen LogP contribution is -2.30. The Morgan fingerprint density at radius 3 is 1.94 bits per heavy atom. The summed E-state index contributed by atoms with van der Waals surface area (Å²) in [5, 5.41) is 8.34. The Morgan fingerprint density at radius 1 is 0.680 bits per heavy atom. The summed E-state index contributed by atoms with van der Waals surface area (Å²) >= 11 is 7.64. The van der Waals surface area contributed by atoms with Crippen LogP contribution in [0.1, 0.15) is 26.7 Å². The van der Waals surface area contributed by atoms with Gasteiger partial charge in [0.2, 0.25) is 5.91 Å². The van der Waals surface area contributed by atoms with Gasteiger partial charge in [-0.15, -0.1) is 11.8 Å². The molecule has 254 valence electrons. The van der Waals surface area contributed by atoms with Gasteiger partial charge >= 0.3 is 0 Å². The van der Waals surface area contributed by atoms with E-state index in [1.54, 1.807) is 84.9 Å². The minimum Gasteiger partial charge on any atom is -0.495 e. The zero-order valence-electron chi connectivity index (χ0n) is 27.4. The molecule has 0 aliphatic rings. The molecule has 5 aromatic carbocycles. The molecule has 0 aromatic heterocycles. The molecular weight excluding hydrogens is 674 g/mol. The number of carbonyl (C=O) groups is 3. The van der Waals surface area contributed by atoms with Crippen molar-refractivity contribution < 1.29 is 28.6 Å². The summed E-state index contributed by atoms with van der Waals surface area (Å²) in [4.78, 5) is 41.1. The number of carbonyl (C=O) groups excluding carboxylic acids is 3. The molecule has 0 heterocycles. The Bertz CT molecular complexity index is 1990. The number of hydrogen-bond acceptors (Lipinski definition) is 7. The lowest BCUT2D eigenvalue weighted by atomic mass is 10.1. The van der Waals surface area contributed by atoms with Gasteiger partial charge in [0.05, 0.1) is 26.4 Å². The van der Waals surface area contributed by atoms with Gasteiger partial charge < -0.3 is 30.2 Å². The minimum atomic E-state index is -0.596. The fourth-order valence-corrected chi connectivity index (χ4v) is 6.14. The van der Waals surface area contributed by atoms with E-state index < -0.39 is 17.1 Å². The maximum atomic E-state index is 13.6. The highest BCUT2D eigenvalue weighted by Crippen LogP contribution is 2.37. The molecule has 0 fully saturated rings. The first-order valence-electron chi connectivity index (χ1n) is 15.4. The fraction of sp³-hybridized carbons (Fsp3) is 0.103. The van der Waals surface area contributed by atoms with Crippen LogP contribution in [0.25, 0.3) is 6.08 Å². The number of benzene rings is 5. The second kappa shape index (κ2) is 17.1. The first kappa shape index (κ1) is 35.6. The lowest BCUT2D eigenvalue weighted by Gasteiger charge is -2.18. The molecule has 9 nitrogen and oxygen atoms in total. The largest absolute Gasteiger partial charge is 0.495 e. The molecule has 0 saturated carbocycles. The van der Waals surface area contributed by atoms with Crippen LogP contribution in [0.3, 0.4) is 0 Å². The number of ether oxygens (including phenoxy) is 3. The molecule has 0 saturated heterocycles. The van der Waals surface area contributed by atoms with Crippen molar-refractivity contribution >= 4 is 58.5 Å². The summed E-state index contributed by atoms with van der Waals surface area (Å²) in [5.41, 5.74) is 2.86. The van der Waals surface area contributed by atoms with Crippen molar-refractivity contribution in [2.45, 2.75) is 10.1 Å². The number of methoxy groups -OCH3 is 3. The van der Waals surface area contributed by atoms with Gasteiger partial charge in [-0.1, -0.05) is 66.2 Å². The summed E-state index contributed by atoms with van der Waals surface area (Å²) < 4.78 is 16.0. The van der Waals surface area contributed by atoms with Crippen molar-refractivity contribution in [1.29, 1.82) is 0 Å². The van der Waals surface area contributed by atoms with Crippen molar-refractivity contribution in [1.82, 2.24) is 5.32 Å². The molecule has 3 N–H and O–H groups in total. The highest BCUT2D eigenvalue weighted by atomic mass is 35.5.